The number of nitrogens with two attached hydrogens (primary N) is 1. The second-order valence-electron chi connectivity index (χ2n) is 5.17. The van der Waals surface area contributed by atoms with Gasteiger partial charge in [-0.2, -0.15) is 0 Å². The summed E-state index contributed by atoms with van der Waals surface area (Å²) in [5.41, 5.74) is 4.90. The third-order valence-electron chi connectivity index (χ3n) is 2.09. The molecular weight excluding hydrogens is 242 g/mol. The van der Waals surface area contributed by atoms with Crippen molar-refractivity contribution in [3.63, 3.8) is 0 Å². The van der Waals surface area contributed by atoms with Crippen LogP contribution >= 0.6 is 0 Å². The van der Waals surface area contributed by atoms with Crippen molar-refractivity contribution in [2.45, 2.75) is 51.4 Å². The molecule has 0 aromatic rings. The molecule has 0 heterocycles. The molecule has 0 saturated carbocycles. The van der Waals surface area contributed by atoms with E-state index in [0.29, 0.717) is 0 Å². The molecule has 102 valence electrons. The molecule has 0 aliphatic carbocycles. The summed E-state index contributed by atoms with van der Waals surface area (Å²) in [5.74, 6) is -0.356. The molecule has 0 bridgehead atoms. The Hall–Kier alpha value is -0.660. The Balaban J connectivity index is 4.56. The Morgan fingerprint density at radius 1 is 1.29 bits per heavy atom. The molecule has 2 atom stereocenters. The maximum atomic E-state index is 11.7. The van der Waals surface area contributed by atoms with Crippen LogP contribution in [0.5, 0.6) is 0 Å². The van der Waals surface area contributed by atoms with Gasteiger partial charge < -0.3 is 11.1 Å². The lowest BCUT2D eigenvalue weighted by Crippen LogP contribution is -2.52. The number of hydrogen-bond acceptors (Lipinski definition) is 4. The number of sulfonamides is 1. The predicted molar refractivity (Wildman–Crippen MR) is 67.9 cm³/mol. The lowest BCUT2D eigenvalue weighted by molar-refractivity contribution is -0.123. The lowest BCUT2D eigenvalue weighted by Gasteiger charge is -2.24. The molecule has 1 amide bonds. The maximum Gasteiger partial charge on any atom is 0.238 e. The van der Waals surface area contributed by atoms with Crippen LogP contribution in [0.1, 0.15) is 34.6 Å². The van der Waals surface area contributed by atoms with Gasteiger partial charge in [-0.15, -0.1) is 0 Å². The van der Waals surface area contributed by atoms with Gasteiger partial charge in [0.05, 0.1) is 11.3 Å². The topological polar surface area (TPSA) is 101 Å². The van der Waals surface area contributed by atoms with E-state index in [-0.39, 0.29) is 12.5 Å². The Kier molecular flexibility index (Phi) is 5.57. The third-order valence-corrected chi connectivity index (χ3v) is 4.03. The molecule has 0 spiro atoms. The quantitative estimate of drug-likeness (QED) is 0.627. The minimum Gasteiger partial charge on any atom is -0.350 e. The van der Waals surface area contributed by atoms with E-state index in [1.165, 1.54) is 13.8 Å². The van der Waals surface area contributed by atoms with Gasteiger partial charge in [0.1, 0.15) is 0 Å². The second kappa shape index (κ2) is 5.79. The number of hydrogen-bond donors (Lipinski definition) is 3. The van der Waals surface area contributed by atoms with E-state index in [9.17, 15) is 13.2 Å². The Bertz CT molecular complexity index is 359. The van der Waals surface area contributed by atoms with Crippen LogP contribution in [-0.2, 0) is 14.8 Å². The second-order valence-corrected chi connectivity index (χ2v) is 7.30. The summed E-state index contributed by atoms with van der Waals surface area (Å²) in [6.45, 7) is 8.50. The molecule has 17 heavy (non-hydrogen) atoms. The minimum atomic E-state index is -3.55. The fourth-order valence-electron chi connectivity index (χ4n) is 1.02. The molecule has 0 aliphatic heterocycles. The Morgan fingerprint density at radius 2 is 1.76 bits per heavy atom. The van der Waals surface area contributed by atoms with Gasteiger partial charge in [-0.25, -0.2) is 13.1 Å². The van der Waals surface area contributed by atoms with E-state index in [4.69, 9.17) is 5.73 Å². The van der Waals surface area contributed by atoms with Crippen LogP contribution < -0.4 is 15.8 Å². The summed E-state index contributed by atoms with van der Waals surface area (Å²) in [5, 5.41) is 1.99. The number of rotatable bonds is 5. The largest absolute Gasteiger partial charge is 0.350 e. The van der Waals surface area contributed by atoms with Crippen molar-refractivity contribution in [1.82, 2.24) is 10.0 Å². The van der Waals surface area contributed by atoms with E-state index < -0.39 is 26.9 Å². The Labute approximate surface area is 103 Å². The SMILES string of the molecule is CC(NS(=O)(=O)C(C)CN)C(=O)NC(C)(C)C. The number of amides is 1. The first kappa shape index (κ1) is 16.3. The van der Waals surface area contributed by atoms with E-state index in [2.05, 4.69) is 10.0 Å². The van der Waals surface area contributed by atoms with E-state index in [0.717, 1.165) is 0 Å². The normalized spacial score (nSPS) is 16.4. The summed E-state index contributed by atoms with van der Waals surface area (Å²) in [7, 11) is -3.55. The average molecular weight is 265 g/mol. The molecule has 0 aromatic heterocycles. The number of nitrogens with one attached hydrogen (secondary N) is 2. The molecular formula is C10H23N3O3S. The molecule has 0 aromatic carbocycles. The standard InChI is InChI=1S/C10H23N3O3S/c1-7(6-11)17(15,16)13-8(2)9(14)12-10(3,4)5/h7-8,13H,6,11H2,1-5H3,(H,12,14). The van der Waals surface area contributed by atoms with E-state index >= 15 is 0 Å². The van der Waals surface area contributed by atoms with E-state index in [1.54, 1.807) is 0 Å². The fourth-order valence-corrected chi connectivity index (χ4v) is 2.11. The summed E-state index contributed by atoms with van der Waals surface area (Å²) < 4.78 is 25.7. The summed E-state index contributed by atoms with van der Waals surface area (Å²) >= 11 is 0. The van der Waals surface area contributed by atoms with Crippen molar-refractivity contribution < 1.29 is 13.2 Å². The lowest BCUT2D eigenvalue weighted by atomic mass is 10.1. The van der Waals surface area contributed by atoms with Gasteiger partial charge in [0.15, 0.2) is 0 Å². The van der Waals surface area contributed by atoms with Gasteiger partial charge in [-0.3, -0.25) is 4.79 Å². The summed E-state index contributed by atoms with van der Waals surface area (Å²) in [6, 6.07) is -0.812. The monoisotopic (exact) mass is 265 g/mol. The van der Waals surface area contributed by atoms with Crippen molar-refractivity contribution in [3.8, 4) is 0 Å². The van der Waals surface area contributed by atoms with Crippen LogP contribution in [0.3, 0.4) is 0 Å². The fraction of sp³-hybridized carbons (Fsp3) is 0.900. The summed E-state index contributed by atoms with van der Waals surface area (Å²) in [6.07, 6.45) is 0. The van der Waals surface area contributed by atoms with Crippen LogP contribution in [0, 0.1) is 0 Å². The van der Waals surface area contributed by atoms with Gasteiger partial charge in [0.2, 0.25) is 15.9 Å². The highest BCUT2D eigenvalue weighted by Crippen LogP contribution is 2.02. The zero-order valence-corrected chi connectivity index (χ0v) is 11.9. The first-order chi connectivity index (χ1) is 7.49. The molecule has 0 fully saturated rings. The minimum absolute atomic E-state index is 0.0168. The van der Waals surface area contributed by atoms with Crippen LogP contribution in [0.25, 0.3) is 0 Å². The van der Waals surface area contributed by atoms with Crippen molar-refractivity contribution in [2.24, 2.45) is 5.73 Å². The highest BCUT2D eigenvalue weighted by Gasteiger charge is 2.26. The van der Waals surface area contributed by atoms with Crippen molar-refractivity contribution in [2.75, 3.05) is 6.54 Å². The third kappa shape index (κ3) is 5.99. The molecule has 7 heteroatoms. The van der Waals surface area contributed by atoms with E-state index in [1.807, 2.05) is 20.8 Å². The van der Waals surface area contributed by atoms with Gasteiger partial charge in [0, 0.05) is 12.1 Å². The van der Waals surface area contributed by atoms with Crippen molar-refractivity contribution >= 4 is 15.9 Å². The first-order valence-electron chi connectivity index (χ1n) is 5.53. The van der Waals surface area contributed by atoms with Crippen LogP contribution in [0.2, 0.25) is 0 Å². The number of carbonyl (C=O) groups is 1. The van der Waals surface area contributed by atoms with Crippen molar-refractivity contribution in [1.29, 1.82) is 0 Å². The highest BCUT2D eigenvalue weighted by atomic mass is 32.2. The zero-order chi connectivity index (χ0) is 13.9. The zero-order valence-electron chi connectivity index (χ0n) is 11.1. The van der Waals surface area contributed by atoms with Gasteiger partial charge in [-0.1, -0.05) is 0 Å². The average Bonchev–Trinajstić information content (AvgIpc) is 2.12. The van der Waals surface area contributed by atoms with Gasteiger partial charge >= 0.3 is 0 Å². The first-order valence-corrected chi connectivity index (χ1v) is 7.07. The molecule has 4 N–H and O–H groups in total. The van der Waals surface area contributed by atoms with Crippen molar-refractivity contribution in [3.05, 3.63) is 0 Å². The van der Waals surface area contributed by atoms with Crippen LogP contribution in [-0.4, -0.2) is 37.7 Å². The molecule has 2 unspecified atom stereocenters. The summed E-state index contributed by atoms with van der Waals surface area (Å²) in [4.78, 5) is 11.7. The van der Waals surface area contributed by atoms with Gasteiger partial charge in [-0.05, 0) is 34.6 Å². The van der Waals surface area contributed by atoms with Gasteiger partial charge in [0.25, 0.3) is 0 Å². The molecule has 0 rings (SSSR count). The van der Waals surface area contributed by atoms with Crippen LogP contribution in [0.4, 0.5) is 0 Å². The highest BCUT2D eigenvalue weighted by molar-refractivity contribution is 7.90. The number of carbonyl (C=O) groups excluding carboxylic acids is 1. The maximum absolute atomic E-state index is 11.7. The smallest absolute Gasteiger partial charge is 0.238 e. The molecule has 0 saturated heterocycles. The molecule has 0 aliphatic rings. The van der Waals surface area contributed by atoms with Crippen LogP contribution in [0.15, 0.2) is 0 Å². The Morgan fingerprint density at radius 3 is 2.12 bits per heavy atom. The predicted octanol–water partition coefficient (Wildman–Crippen LogP) is -0.444. The molecule has 0 radical (unpaired) electrons. The molecule has 6 nitrogen and oxygen atoms in total.